The second-order valence-electron chi connectivity index (χ2n) is 13.1. The summed E-state index contributed by atoms with van der Waals surface area (Å²) in [5, 5.41) is 11.3. The number of rotatable bonds is 7. The van der Waals surface area contributed by atoms with E-state index in [4.69, 9.17) is 9.72 Å². The van der Waals surface area contributed by atoms with Crippen molar-refractivity contribution >= 4 is 23.0 Å². The third-order valence-corrected chi connectivity index (χ3v) is 9.12. The Bertz CT molecular complexity index is 1610. The lowest BCUT2D eigenvalue weighted by Crippen LogP contribution is -2.39. The number of aromatic nitrogens is 2. The molecule has 1 aliphatic heterocycles. The molecular formula is C35H40FN3O3S. The number of ether oxygens (including phenoxy) is 1. The Morgan fingerprint density at radius 3 is 2.14 bits per heavy atom. The Hall–Kier alpha value is -3.62. The SMILES string of the molecule is Cc1nc(C)c([C@H](OC(C)(C)C)C(=O)O)c(N2CCC(C)(C)CC2)c1-c1ccc(-c2ncc(-c3ccc(F)cc3)s2)cc1. The number of nitrogens with zero attached hydrogens (tertiary/aromatic N) is 3. The number of benzene rings is 2. The first-order valence-electron chi connectivity index (χ1n) is 14.7. The van der Waals surface area contributed by atoms with Crippen molar-refractivity contribution in [3.8, 4) is 32.1 Å². The summed E-state index contributed by atoms with van der Waals surface area (Å²) in [5.74, 6) is -1.29. The summed E-state index contributed by atoms with van der Waals surface area (Å²) in [7, 11) is 0. The zero-order valence-corrected chi connectivity index (χ0v) is 26.8. The van der Waals surface area contributed by atoms with Gasteiger partial charge in [-0.25, -0.2) is 14.2 Å². The van der Waals surface area contributed by atoms with E-state index in [1.807, 2.05) is 52.9 Å². The topological polar surface area (TPSA) is 75.6 Å². The molecule has 0 spiro atoms. The second-order valence-corrected chi connectivity index (χ2v) is 14.2. The van der Waals surface area contributed by atoms with E-state index in [1.54, 1.807) is 23.5 Å². The number of hydrogen-bond donors (Lipinski definition) is 1. The van der Waals surface area contributed by atoms with Crippen molar-refractivity contribution < 1.29 is 19.0 Å². The highest BCUT2D eigenvalue weighted by Crippen LogP contribution is 2.45. The van der Waals surface area contributed by atoms with Crippen molar-refractivity contribution in [3.05, 3.63) is 77.5 Å². The largest absolute Gasteiger partial charge is 0.479 e. The lowest BCUT2D eigenvalue weighted by Gasteiger charge is -2.41. The minimum atomic E-state index is -1.16. The van der Waals surface area contributed by atoms with Gasteiger partial charge in [-0.2, -0.15) is 0 Å². The average Bonchev–Trinajstić information content (AvgIpc) is 3.42. The summed E-state index contributed by atoms with van der Waals surface area (Å²) in [4.78, 5) is 25.6. The van der Waals surface area contributed by atoms with Crippen LogP contribution in [0.4, 0.5) is 10.1 Å². The number of aryl methyl sites for hydroxylation is 2. The van der Waals surface area contributed by atoms with E-state index in [2.05, 4.69) is 35.9 Å². The third-order valence-electron chi connectivity index (χ3n) is 8.02. The summed E-state index contributed by atoms with van der Waals surface area (Å²) >= 11 is 1.56. The normalized spacial score (nSPS) is 15.9. The van der Waals surface area contributed by atoms with Gasteiger partial charge in [-0.15, -0.1) is 11.3 Å². The molecule has 226 valence electrons. The van der Waals surface area contributed by atoms with E-state index in [0.29, 0.717) is 11.3 Å². The van der Waals surface area contributed by atoms with E-state index >= 15 is 0 Å². The van der Waals surface area contributed by atoms with Gasteiger partial charge in [0.05, 0.1) is 16.2 Å². The van der Waals surface area contributed by atoms with Gasteiger partial charge in [0.15, 0.2) is 6.10 Å². The first-order chi connectivity index (χ1) is 20.2. The standard InChI is InChI=1S/C35H40FN3O3S/c1-21-28(24-8-10-25(11-9-24)32-37-20-27(43-32)23-12-14-26(36)15-13-23)30(39-18-16-35(6,7)17-19-39)29(22(2)38-21)31(33(40)41)42-34(3,4)5/h8-15,20,31H,16-19H2,1-7H3,(H,40,41)/t31-/m0/s1. The maximum absolute atomic E-state index is 13.4. The first kappa shape index (κ1) is 30.8. The number of pyridine rings is 1. The minimum absolute atomic E-state index is 0.226. The lowest BCUT2D eigenvalue weighted by molar-refractivity contribution is -0.160. The molecule has 1 aliphatic rings. The number of anilines is 1. The van der Waals surface area contributed by atoms with E-state index in [-0.39, 0.29) is 11.2 Å². The van der Waals surface area contributed by atoms with Crippen LogP contribution in [0, 0.1) is 25.1 Å². The van der Waals surface area contributed by atoms with Crippen LogP contribution in [0.25, 0.3) is 32.1 Å². The Kier molecular flexibility index (Phi) is 8.47. The van der Waals surface area contributed by atoms with Crippen LogP contribution in [0.3, 0.4) is 0 Å². The molecule has 2 aromatic carbocycles. The van der Waals surface area contributed by atoms with E-state index < -0.39 is 17.7 Å². The number of hydrogen-bond acceptors (Lipinski definition) is 6. The maximum atomic E-state index is 13.4. The summed E-state index contributed by atoms with van der Waals surface area (Å²) in [6.07, 6.45) is 2.67. The number of piperidine rings is 1. The zero-order valence-electron chi connectivity index (χ0n) is 26.0. The van der Waals surface area contributed by atoms with Crippen molar-refractivity contribution in [1.82, 2.24) is 9.97 Å². The number of carboxylic acids is 1. The Morgan fingerprint density at radius 2 is 1.56 bits per heavy atom. The predicted octanol–water partition coefficient (Wildman–Crippen LogP) is 8.86. The number of thiazole rings is 1. The van der Waals surface area contributed by atoms with Crippen LogP contribution in [-0.4, -0.2) is 39.7 Å². The molecule has 0 amide bonds. The van der Waals surface area contributed by atoms with Crippen LogP contribution in [-0.2, 0) is 9.53 Å². The third kappa shape index (κ3) is 6.81. The number of carboxylic acid groups (broad SMARTS) is 1. The molecule has 0 unspecified atom stereocenters. The average molecular weight is 602 g/mol. The molecule has 5 rings (SSSR count). The lowest BCUT2D eigenvalue weighted by atomic mass is 9.81. The molecule has 8 heteroatoms. The smallest absolute Gasteiger partial charge is 0.337 e. The van der Waals surface area contributed by atoms with Crippen molar-refractivity contribution in [3.63, 3.8) is 0 Å². The van der Waals surface area contributed by atoms with Gasteiger partial charge in [0.1, 0.15) is 10.8 Å². The maximum Gasteiger partial charge on any atom is 0.337 e. The van der Waals surface area contributed by atoms with Gasteiger partial charge in [0.25, 0.3) is 0 Å². The van der Waals surface area contributed by atoms with E-state index in [0.717, 1.165) is 69.5 Å². The molecular weight excluding hydrogens is 561 g/mol. The van der Waals surface area contributed by atoms with Crippen LogP contribution in [0.2, 0.25) is 0 Å². The van der Waals surface area contributed by atoms with Crippen LogP contribution in [0.15, 0.2) is 54.7 Å². The Labute approximate surface area is 257 Å². The monoisotopic (exact) mass is 601 g/mol. The molecule has 1 saturated heterocycles. The highest BCUT2D eigenvalue weighted by molar-refractivity contribution is 7.18. The minimum Gasteiger partial charge on any atom is -0.479 e. The quantitative estimate of drug-likeness (QED) is 0.228. The number of carbonyl (C=O) groups is 1. The molecule has 1 atom stereocenters. The number of aliphatic carboxylic acids is 1. The van der Waals surface area contributed by atoms with E-state index in [9.17, 15) is 14.3 Å². The van der Waals surface area contributed by atoms with Crippen LogP contribution >= 0.6 is 11.3 Å². The van der Waals surface area contributed by atoms with Crippen molar-refractivity contribution in [2.45, 2.75) is 73.0 Å². The summed E-state index contributed by atoms with van der Waals surface area (Å²) in [5.41, 5.74) is 6.40. The van der Waals surface area contributed by atoms with Crippen molar-refractivity contribution in [2.24, 2.45) is 5.41 Å². The van der Waals surface area contributed by atoms with Crippen LogP contribution in [0.5, 0.6) is 0 Å². The van der Waals surface area contributed by atoms with Gasteiger partial charge < -0.3 is 14.7 Å². The molecule has 4 aromatic rings. The van der Waals surface area contributed by atoms with Gasteiger partial charge in [0.2, 0.25) is 0 Å². The van der Waals surface area contributed by atoms with Gasteiger partial charge in [0, 0.05) is 47.4 Å². The molecule has 0 bridgehead atoms. The molecule has 6 nitrogen and oxygen atoms in total. The van der Waals surface area contributed by atoms with E-state index in [1.165, 1.54) is 12.1 Å². The summed E-state index contributed by atoms with van der Waals surface area (Å²) in [6, 6.07) is 14.7. The first-order valence-corrected chi connectivity index (χ1v) is 15.5. The predicted molar refractivity (Wildman–Crippen MR) is 172 cm³/mol. The molecule has 3 heterocycles. The van der Waals surface area contributed by atoms with Gasteiger partial charge >= 0.3 is 5.97 Å². The van der Waals surface area contributed by atoms with Crippen LogP contribution < -0.4 is 4.90 Å². The fourth-order valence-electron chi connectivity index (χ4n) is 5.69. The second kappa shape index (κ2) is 11.8. The summed E-state index contributed by atoms with van der Waals surface area (Å²) < 4.78 is 19.6. The number of halogens is 1. The molecule has 2 aromatic heterocycles. The molecule has 1 fully saturated rings. The fourth-order valence-corrected chi connectivity index (χ4v) is 6.62. The van der Waals surface area contributed by atoms with Gasteiger partial charge in [-0.05, 0) is 76.1 Å². The molecule has 1 N–H and O–H groups in total. The Morgan fingerprint density at radius 1 is 0.977 bits per heavy atom. The van der Waals surface area contributed by atoms with Crippen molar-refractivity contribution in [1.29, 1.82) is 0 Å². The highest BCUT2D eigenvalue weighted by Gasteiger charge is 2.36. The van der Waals surface area contributed by atoms with Gasteiger partial charge in [-0.3, -0.25) is 4.98 Å². The van der Waals surface area contributed by atoms with Gasteiger partial charge in [-0.1, -0.05) is 50.2 Å². The van der Waals surface area contributed by atoms with Crippen molar-refractivity contribution in [2.75, 3.05) is 18.0 Å². The molecule has 0 radical (unpaired) electrons. The fraction of sp³-hybridized carbons (Fsp3) is 0.400. The summed E-state index contributed by atoms with van der Waals surface area (Å²) in [6.45, 7) is 15.7. The Balaban J connectivity index is 1.60. The molecule has 0 aliphatic carbocycles. The molecule has 43 heavy (non-hydrogen) atoms. The van der Waals surface area contributed by atoms with Crippen LogP contribution in [0.1, 0.15) is 70.5 Å². The highest BCUT2D eigenvalue weighted by atomic mass is 32.1. The zero-order chi connectivity index (χ0) is 31.1. The molecule has 0 saturated carbocycles.